The average Bonchev–Trinajstić information content (AvgIpc) is 3.19. The van der Waals surface area contributed by atoms with Crippen LogP contribution >= 0.6 is 0 Å². The van der Waals surface area contributed by atoms with Crippen LogP contribution in [0.2, 0.25) is 0 Å². The van der Waals surface area contributed by atoms with Crippen LogP contribution in [0, 0.1) is 13.8 Å². The molecule has 0 amide bonds. The maximum atomic E-state index is 6.07. The lowest BCUT2D eigenvalue weighted by Crippen LogP contribution is -2.28. The molecule has 1 aromatic heterocycles. The maximum absolute atomic E-state index is 6.07. The summed E-state index contributed by atoms with van der Waals surface area (Å²) in [4.78, 5) is 4.65. The number of rotatable bonds is 5. The van der Waals surface area contributed by atoms with Crippen LogP contribution in [0.5, 0.6) is 5.75 Å². The molecule has 0 aliphatic carbocycles. The lowest BCUT2D eigenvalue weighted by atomic mass is 10.00. The Balaban J connectivity index is 1.52. The third kappa shape index (κ3) is 4.03. The second-order valence-corrected chi connectivity index (χ2v) is 7.21. The fraction of sp³-hybridized carbons (Fsp3) is 0.364. The highest BCUT2D eigenvalue weighted by molar-refractivity contribution is 5.61. The van der Waals surface area contributed by atoms with Gasteiger partial charge in [0.1, 0.15) is 12.4 Å². The number of ether oxygens (including phenoxy) is 1. The molecule has 27 heavy (non-hydrogen) atoms. The van der Waals surface area contributed by atoms with Crippen LogP contribution in [0.25, 0.3) is 11.4 Å². The van der Waals surface area contributed by atoms with Gasteiger partial charge in [-0.3, -0.25) is 0 Å². The summed E-state index contributed by atoms with van der Waals surface area (Å²) in [5.41, 5.74) is 4.28. The van der Waals surface area contributed by atoms with Crippen molar-refractivity contribution < 1.29 is 9.26 Å². The molecule has 0 bridgehead atoms. The molecule has 1 aliphatic rings. The van der Waals surface area contributed by atoms with Crippen molar-refractivity contribution in [2.75, 3.05) is 13.1 Å². The van der Waals surface area contributed by atoms with Crippen LogP contribution in [0.15, 0.2) is 47.0 Å². The third-order valence-electron chi connectivity index (χ3n) is 5.03. The van der Waals surface area contributed by atoms with Gasteiger partial charge in [0.05, 0.1) is 5.92 Å². The van der Waals surface area contributed by atoms with Crippen molar-refractivity contribution in [1.29, 1.82) is 0 Å². The van der Waals surface area contributed by atoms with Gasteiger partial charge in [-0.05, 0) is 62.1 Å². The first-order valence-corrected chi connectivity index (χ1v) is 9.53. The van der Waals surface area contributed by atoms with Crippen molar-refractivity contribution >= 4 is 0 Å². The number of nitrogens with zero attached hydrogens (tertiary/aromatic N) is 2. The zero-order valence-corrected chi connectivity index (χ0v) is 15.9. The summed E-state index contributed by atoms with van der Waals surface area (Å²) >= 11 is 0. The van der Waals surface area contributed by atoms with Gasteiger partial charge >= 0.3 is 0 Å². The minimum Gasteiger partial charge on any atom is -0.488 e. The lowest BCUT2D eigenvalue weighted by molar-refractivity contribution is 0.302. The summed E-state index contributed by atoms with van der Waals surface area (Å²) < 4.78 is 11.6. The molecule has 0 saturated carbocycles. The molecule has 3 aromatic rings. The molecule has 4 rings (SSSR count). The zero-order valence-electron chi connectivity index (χ0n) is 15.9. The predicted octanol–water partition coefficient (Wildman–Crippen LogP) is 4.40. The molecule has 5 nitrogen and oxygen atoms in total. The van der Waals surface area contributed by atoms with Crippen molar-refractivity contribution in [1.82, 2.24) is 15.5 Å². The highest BCUT2D eigenvalue weighted by Crippen LogP contribution is 2.31. The first kappa shape index (κ1) is 17.7. The SMILES string of the molecule is Cc1cc(-c2noc([C@H]3CCCNC3)n2)cc(C)c1OCc1ccccc1. The molecule has 0 spiro atoms. The normalized spacial score (nSPS) is 17.0. The van der Waals surface area contributed by atoms with E-state index in [-0.39, 0.29) is 0 Å². The second kappa shape index (κ2) is 7.92. The second-order valence-electron chi connectivity index (χ2n) is 7.21. The minimum absolute atomic E-state index is 0.315. The summed E-state index contributed by atoms with van der Waals surface area (Å²) in [7, 11) is 0. The number of nitrogens with one attached hydrogen (secondary N) is 1. The minimum atomic E-state index is 0.315. The number of hydrogen-bond donors (Lipinski definition) is 1. The molecule has 1 aliphatic heterocycles. The molecular formula is C22H25N3O2. The van der Waals surface area contributed by atoms with E-state index in [4.69, 9.17) is 9.26 Å². The molecule has 5 heteroatoms. The van der Waals surface area contributed by atoms with Gasteiger partial charge in [-0.25, -0.2) is 0 Å². The van der Waals surface area contributed by atoms with Crippen LogP contribution in [0.1, 0.15) is 41.3 Å². The maximum Gasteiger partial charge on any atom is 0.231 e. The van der Waals surface area contributed by atoms with Crippen LogP contribution in [0.4, 0.5) is 0 Å². The molecule has 2 aromatic carbocycles. The quantitative estimate of drug-likeness (QED) is 0.728. The van der Waals surface area contributed by atoms with Crippen molar-refractivity contribution in [3.05, 3.63) is 65.0 Å². The van der Waals surface area contributed by atoms with E-state index in [0.717, 1.165) is 59.8 Å². The van der Waals surface area contributed by atoms with Crippen molar-refractivity contribution in [2.45, 2.75) is 39.2 Å². The van der Waals surface area contributed by atoms with Gasteiger partial charge in [0, 0.05) is 12.1 Å². The van der Waals surface area contributed by atoms with E-state index in [1.807, 2.05) is 18.2 Å². The largest absolute Gasteiger partial charge is 0.488 e. The molecule has 0 unspecified atom stereocenters. The van der Waals surface area contributed by atoms with Gasteiger partial charge in [-0.2, -0.15) is 4.98 Å². The fourth-order valence-corrected chi connectivity index (χ4v) is 3.62. The van der Waals surface area contributed by atoms with Gasteiger partial charge in [0.15, 0.2) is 0 Å². The van der Waals surface area contributed by atoms with E-state index in [1.54, 1.807) is 0 Å². The molecule has 1 saturated heterocycles. The number of aromatic nitrogens is 2. The molecule has 140 valence electrons. The predicted molar refractivity (Wildman–Crippen MR) is 105 cm³/mol. The van der Waals surface area contributed by atoms with Crippen LogP contribution in [0.3, 0.4) is 0 Å². The summed E-state index contributed by atoms with van der Waals surface area (Å²) in [6.07, 6.45) is 2.24. The number of benzene rings is 2. The Hall–Kier alpha value is -2.66. The Morgan fingerprint density at radius 1 is 1.15 bits per heavy atom. The Bertz CT molecular complexity index is 876. The van der Waals surface area contributed by atoms with Gasteiger partial charge in [0.25, 0.3) is 0 Å². The van der Waals surface area contributed by atoms with Crippen LogP contribution in [-0.4, -0.2) is 23.2 Å². The monoisotopic (exact) mass is 363 g/mol. The standard InChI is InChI=1S/C22H25N3O2/c1-15-11-19(21-24-22(27-25-21)18-9-6-10-23-13-18)12-16(2)20(15)26-14-17-7-4-3-5-8-17/h3-5,7-8,11-12,18,23H,6,9-10,13-14H2,1-2H3/t18-/m0/s1. The zero-order chi connectivity index (χ0) is 18.6. The van der Waals surface area contributed by atoms with E-state index < -0.39 is 0 Å². The van der Waals surface area contributed by atoms with E-state index in [2.05, 4.69) is 53.6 Å². The number of aryl methyl sites for hydroxylation is 2. The van der Waals surface area contributed by atoms with E-state index >= 15 is 0 Å². The van der Waals surface area contributed by atoms with Crippen LogP contribution < -0.4 is 10.1 Å². The Labute approximate surface area is 159 Å². The first-order chi connectivity index (χ1) is 13.2. The summed E-state index contributed by atoms with van der Waals surface area (Å²) in [5, 5.41) is 7.60. The molecular weight excluding hydrogens is 338 g/mol. The van der Waals surface area contributed by atoms with E-state index in [1.165, 1.54) is 0 Å². The highest BCUT2D eigenvalue weighted by Gasteiger charge is 2.22. The lowest BCUT2D eigenvalue weighted by Gasteiger charge is -2.18. The molecule has 2 heterocycles. The van der Waals surface area contributed by atoms with E-state index in [0.29, 0.717) is 18.3 Å². The van der Waals surface area contributed by atoms with E-state index in [9.17, 15) is 0 Å². The molecule has 1 N–H and O–H groups in total. The number of piperidine rings is 1. The number of hydrogen-bond acceptors (Lipinski definition) is 5. The molecule has 0 radical (unpaired) electrons. The fourth-order valence-electron chi connectivity index (χ4n) is 3.62. The van der Waals surface area contributed by atoms with Crippen LogP contribution in [-0.2, 0) is 6.61 Å². The average molecular weight is 363 g/mol. The highest BCUT2D eigenvalue weighted by atomic mass is 16.5. The van der Waals surface area contributed by atoms with Crippen molar-refractivity contribution in [2.24, 2.45) is 0 Å². The van der Waals surface area contributed by atoms with Gasteiger partial charge in [0.2, 0.25) is 11.7 Å². The molecule has 1 fully saturated rings. The van der Waals surface area contributed by atoms with Gasteiger partial charge in [-0.1, -0.05) is 35.5 Å². The van der Waals surface area contributed by atoms with Crippen molar-refractivity contribution in [3.8, 4) is 17.1 Å². The Morgan fingerprint density at radius 3 is 2.63 bits per heavy atom. The summed E-state index contributed by atoms with van der Waals surface area (Å²) in [6.45, 7) is 6.65. The summed E-state index contributed by atoms with van der Waals surface area (Å²) in [6, 6.07) is 14.3. The topological polar surface area (TPSA) is 60.2 Å². The van der Waals surface area contributed by atoms with Gasteiger partial charge < -0.3 is 14.6 Å². The third-order valence-corrected chi connectivity index (χ3v) is 5.03. The van der Waals surface area contributed by atoms with Crippen molar-refractivity contribution in [3.63, 3.8) is 0 Å². The van der Waals surface area contributed by atoms with Gasteiger partial charge in [-0.15, -0.1) is 0 Å². The Kier molecular flexibility index (Phi) is 5.21. The summed E-state index contributed by atoms with van der Waals surface area (Å²) in [5.74, 6) is 2.62. The smallest absolute Gasteiger partial charge is 0.231 e. The Morgan fingerprint density at radius 2 is 1.93 bits per heavy atom. The molecule has 1 atom stereocenters. The first-order valence-electron chi connectivity index (χ1n) is 9.53.